The highest BCUT2D eigenvalue weighted by atomic mass is 19.4. The lowest BCUT2D eigenvalue weighted by atomic mass is 9.96. The number of aliphatic hydroxyl groups is 1. The van der Waals surface area contributed by atoms with Crippen LogP contribution in [0.25, 0.3) is 0 Å². The standard InChI is InChI=1S/C14H17F3O3/c1-10(8-18)7-12(14(15,16)17)13(19)20-9-11-5-3-2-4-6-11/h2-6,10,12,18H,7-9H2,1H3. The van der Waals surface area contributed by atoms with Crippen LogP contribution >= 0.6 is 0 Å². The number of ether oxygens (including phenoxy) is 1. The van der Waals surface area contributed by atoms with Crippen molar-refractivity contribution in [2.45, 2.75) is 26.1 Å². The Balaban J connectivity index is 2.64. The molecule has 0 saturated carbocycles. The number of hydrogen-bond donors (Lipinski definition) is 1. The Bertz CT molecular complexity index is 417. The fraction of sp³-hybridized carbons (Fsp3) is 0.500. The van der Waals surface area contributed by atoms with E-state index in [4.69, 9.17) is 9.84 Å². The van der Waals surface area contributed by atoms with Gasteiger partial charge in [0.1, 0.15) is 6.61 Å². The molecule has 112 valence electrons. The summed E-state index contributed by atoms with van der Waals surface area (Å²) in [6.07, 6.45) is -5.15. The van der Waals surface area contributed by atoms with Gasteiger partial charge in [-0.1, -0.05) is 37.3 Å². The van der Waals surface area contributed by atoms with Crippen LogP contribution in [-0.4, -0.2) is 23.9 Å². The summed E-state index contributed by atoms with van der Waals surface area (Å²) in [5.41, 5.74) is 0.622. The Morgan fingerprint density at radius 3 is 2.40 bits per heavy atom. The van der Waals surface area contributed by atoms with Gasteiger partial charge >= 0.3 is 12.1 Å². The van der Waals surface area contributed by atoms with Crippen LogP contribution < -0.4 is 0 Å². The fourth-order valence-electron chi connectivity index (χ4n) is 1.67. The molecule has 0 bridgehead atoms. The molecule has 0 saturated heterocycles. The van der Waals surface area contributed by atoms with Crippen molar-refractivity contribution in [2.75, 3.05) is 6.61 Å². The number of carbonyl (C=O) groups is 1. The normalized spacial score (nSPS) is 14.7. The molecule has 1 aromatic carbocycles. The van der Waals surface area contributed by atoms with E-state index < -0.39 is 37.0 Å². The molecule has 0 aliphatic heterocycles. The van der Waals surface area contributed by atoms with Gasteiger partial charge in [-0.15, -0.1) is 0 Å². The molecule has 2 atom stereocenters. The third-order valence-electron chi connectivity index (χ3n) is 2.85. The Morgan fingerprint density at radius 2 is 1.90 bits per heavy atom. The molecule has 0 aliphatic rings. The third-order valence-corrected chi connectivity index (χ3v) is 2.85. The largest absolute Gasteiger partial charge is 0.460 e. The molecule has 20 heavy (non-hydrogen) atoms. The van der Waals surface area contributed by atoms with Crippen LogP contribution in [0.2, 0.25) is 0 Å². The minimum atomic E-state index is -4.67. The van der Waals surface area contributed by atoms with Crippen molar-refractivity contribution in [3.8, 4) is 0 Å². The minimum Gasteiger partial charge on any atom is -0.460 e. The zero-order chi connectivity index (χ0) is 15.2. The summed E-state index contributed by atoms with van der Waals surface area (Å²) in [6.45, 7) is 0.849. The van der Waals surface area contributed by atoms with Crippen LogP contribution in [0, 0.1) is 11.8 Å². The van der Waals surface area contributed by atoms with Gasteiger partial charge in [0.05, 0.1) is 0 Å². The molecular formula is C14H17F3O3. The lowest BCUT2D eigenvalue weighted by Gasteiger charge is -2.21. The van der Waals surface area contributed by atoms with Gasteiger partial charge in [-0.3, -0.25) is 4.79 Å². The molecule has 0 amide bonds. The molecule has 0 spiro atoms. The lowest BCUT2D eigenvalue weighted by molar-refractivity contribution is -0.201. The van der Waals surface area contributed by atoms with Gasteiger partial charge in [-0.25, -0.2) is 0 Å². The van der Waals surface area contributed by atoms with Crippen molar-refractivity contribution in [3.05, 3.63) is 35.9 Å². The predicted molar refractivity (Wildman–Crippen MR) is 66.6 cm³/mol. The lowest BCUT2D eigenvalue weighted by Crippen LogP contribution is -2.34. The van der Waals surface area contributed by atoms with Crippen LogP contribution in [0.1, 0.15) is 18.9 Å². The number of benzene rings is 1. The first-order chi connectivity index (χ1) is 9.34. The van der Waals surface area contributed by atoms with Crippen LogP contribution in [-0.2, 0) is 16.1 Å². The number of alkyl halides is 3. The Hall–Kier alpha value is -1.56. The van der Waals surface area contributed by atoms with E-state index in [2.05, 4.69) is 0 Å². The molecule has 1 N–H and O–H groups in total. The van der Waals surface area contributed by atoms with E-state index in [9.17, 15) is 18.0 Å². The highest BCUT2D eigenvalue weighted by Gasteiger charge is 2.46. The second-order valence-electron chi connectivity index (χ2n) is 4.71. The number of hydrogen-bond acceptors (Lipinski definition) is 3. The molecule has 0 radical (unpaired) electrons. The van der Waals surface area contributed by atoms with Crippen LogP contribution in [0.15, 0.2) is 30.3 Å². The van der Waals surface area contributed by atoms with Crippen LogP contribution in [0.4, 0.5) is 13.2 Å². The smallest absolute Gasteiger partial charge is 0.402 e. The summed E-state index contributed by atoms with van der Waals surface area (Å²) in [4.78, 5) is 11.6. The van der Waals surface area contributed by atoms with E-state index in [1.165, 1.54) is 6.92 Å². The zero-order valence-corrected chi connectivity index (χ0v) is 11.1. The first kappa shape index (κ1) is 16.5. The van der Waals surface area contributed by atoms with Gasteiger partial charge in [0.15, 0.2) is 5.92 Å². The number of rotatable bonds is 6. The van der Waals surface area contributed by atoms with Crippen molar-refractivity contribution in [1.29, 1.82) is 0 Å². The molecule has 2 unspecified atom stereocenters. The molecule has 1 aromatic rings. The first-order valence-electron chi connectivity index (χ1n) is 6.22. The molecule has 0 fully saturated rings. The Kier molecular flexibility index (Phi) is 6.01. The Morgan fingerprint density at radius 1 is 1.30 bits per heavy atom. The number of halogens is 3. The van der Waals surface area contributed by atoms with Gasteiger partial charge in [-0.2, -0.15) is 13.2 Å². The molecule has 1 rings (SSSR count). The summed E-state index contributed by atoms with van der Waals surface area (Å²) in [6, 6.07) is 8.49. The molecular weight excluding hydrogens is 273 g/mol. The van der Waals surface area contributed by atoms with Crippen LogP contribution in [0.3, 0.4) is 0 Å². The fourth-order valence-corrected chi connectivity index (χ4v) is 1.67. The van der Waals surface area contributed by atoms with Crippen molar-refractivity contribution in [2.24, 2.45) is 11.8 Å². The Labute approximate surface area is 115 Å². The highest BCUT2D eigenvalue weighted by molar-refractivity contribution is 5.73. The van der Waals surface area contributed by atoms with Gasteiger partial charge in [-0.05, 0) is 17.9 Å². The topological polar surface area (TPSA) is 46.5 Å². The zero-order valence-electron chi connectivity index (χ0n) is 11.1. The molecule has 3 nitrogen and oxygen atoms in total. The summed E-state index contributed by atoms with van der Waals surface area (Å²) >= 11 is 0. The van der Waals surface area contributed by atoms with E-state index in [1.807, 2.05) is 0 Å². The minimum absolute atomic E-state index is 0.195. The third kappa shape index (κ3) is 5.21. The van der Waals surface area contributed by atoms with Gasteiger partial charge < -0.3 is 9.84 Å². The van der Waals surface area contributed by atoms with E-state index in [0.717, 1.165) is 0 Å². The SMILES string of the molecule is CC(CO)CC(C(=O)OCc1ccccc1)C(F)(F)F. The predicted octanol–water partition coefficient (Wildman–Crippen LogP) is 2.93. The maximum absolute atomic E-state index is 12.8. The maximum Gasteiger partial charge on any atom is 0.402 e. The number of aliphatic hydroxyl groups excluding tert-OH is 1. The van der Waals surface area contributed by atoms with Crippen molar-refractivity contribution < 1.29 is 27.8 Å². The second kappa shape index (κ2) is 7.28. The van der Waals surface area contributed by atoms with Gasteiger partial charge in [0.25, 0.3) is 0 Å². The summed E-state index contributed by atoms with van der Waals surface area (Å²) in [5, 5.41) is 8.82. The maximum atomic E-state index is 12.8. The second-order valence-corrected chi connectivity index (χ2v) is 4.71. The van der Waals surface area contributed by atoms with Crippen LogP contribution in [0.5, 0.6) is 0 Å². The molecule has 0 aromatic heterocycles. The van der Waals surface area contributed by atoms with Crippen molar-refractivity contribution in [3.63, 3.8) is 0 Å². The summed E-state index contributed by atoms with van der Waals surface area (Å²) < 4.78 is 43.2. The van der Waals surface area contributed by atoms with Gasteiger partial charge in [0, 0.05) is 6.61 Å². The summed E-state index contributed by atoms with van der Waals surface area (Å²) in [7, 11) is 0. The van der Waals surface area contributed by atoms with E-state index >= 15 is 0 Å². The van der Waals surface area contributed by atoms with E-state index in [-0.39, 0.29) is 6.61 Å². The summed E-state index contributed by atoms with van der Waals surface area (Å²) in [5.74, 6) is -4.12. The average molecular weight is 290 g/mol. The van der Waals surface area contributed by atoms with E-state index in [1.54, 1.807) is 30.3 Å². The molecule has 0 heterocycles. The quantitative estimate of drug-likeness (QED) is 0.819. The number of carbonyl (C=O) groups excluding carboxylic acids is 1. The van der Waals surface area contributed by atoms with Crippen molar-refractivity contribution in [1.82, 2.24) is 0 Å². The van der Waals surface area contributed by atoms with Crippen molar-refractivity contribution >= 4 is 5.97 Å². The van der Waals surface area contributed by atoms with E-state index in [0.29, 0.717) is 5.56 Å². The number of esters is 1. The van der Waals surface area contributed by atoms with Gasteiger partial charge in [0.2, 0.25) is 0 Å². The molecule has 0 aliphatic carbocycles. The first-order valence-corrected chi connectivity index (χ1v) is 6.22. The highest BCUT2D eigenvalue weighted by Crippen LogP contribution is 2.32. The molecule has 6 heteroatoms. The average Bonchev–Trinajstić information content (AvgIpc) is 2.41. The monoisotopic (exact) mass is 290 g/mol.